The van der Waals surface area contributed by atoms with Crippen LogP contribution in [0.25, 0.3) is 10.9 Å². The van der Waals surface area contributed by atoms with Crippen LogP contribution in [0.15, 0.2) is 12.1 Å². The van der Waals surface area contributed by atoms with Crippen molar-refractivity contribution < 1.29 is 5.11 Å². The summed E-state index contributed by atoms with van der Waals surface area (Å²) in [7, 11) is 1.80. The lowest BCUT2D eigenvalue weighted by molar-refractivity contribution is 0.283. The van der Waals surface area contributed by atoms with Crippen LogP contribution in [0.5, 0.6) is 0 Å². The molecule has 0 aliphatic rings. The van der Waals surface area contributed by atoms with Gasteiger partial charge in [0.1, 0.15) is 5.15 Å². The molecule has 15 heavy (non-hydrogen) atoms. The molecule has 0 saturated heterocycles. The maximum Gasteiger partial charge on any atom is 0.115 e. The van der Waals surface area contributed by atoms with Crippen molar-refractivity contribution in [3.8, 4) is 0 Å². The van der Waals surface area contributed by atoms with Gasteiger partial charge in [-0.2, -0.15) is 0 Å². The smallest absolute Gasteiger partial charge is 0.115 e. The number of aliphatic hydroxyl groups excluding tert-OH is 1. The summed E-state index contributed by atoms with van der Waals surface area (Å²) in [6, 6.07) is 3.41. The van der Waals surface area contributed by atoms with Crippen LogP contribution >= 0.6 is 34.8 Å². The molecule has 80 valence electrons. The fourth-order valence-corrected chi connectivity index (χ4v) is 2.52. The van der Waals surface area contributed by atoms with Crippen molar-refractivity contribution in [1.82, 2.24) is 4.57 Å². The average Bonchev–Trinajstić information content (AvgIpc) is 2.42. The number of aliphatic hydroxyl groups is 1. The average molecular weight is 265 g/mol. The van der Waals surface area contributed by atoms with Gasteiger partial charge in [0.2, 0.25) is 0 Å². The second kappa shape index (κ2) is 3.87. The van der Waals surface area contributed by atoms with Crippen molar-refractivity contribution in [2.24, 2.45) is 7.05 Å². The highest BCUT2D eigenvalue weighted by atomic mass is 35.5. The van der Waals surface area contributed by atoms with Gasteiger partial charge in [0.15, 0.2) is 0 Å². The summed E-state index contributed by atoms with van der Waals surface area (Å²) in [5.41, 5.74) is 1.46. The van der Waals surface area contributed by atoms with Crippen molar-refractivity contribution in [2.45, 2.75) is 6.61 Å². The summed E-state index contributed by atoms with van der Waals surface area (Å²) in [6.07, 6.45) is 0. The van der Waals surface area contributed by atoms with Crippen LogP contribution in [0.2, 0.25) is 15.2 Å². The summed E-state index contributed by atoms with van der Waals surface area (Å²) in [4.78, 5) is 0. The standard InChI is InChI=1S/C10H8Cl3NO/c1-14-8-3-5(11)2-7(12)9(8)6(4-15)10(14)13/h2-3,15H,4H2,1H3. The molecule has 1 N–H and O–H groups in total. The van der Waals surface area contributed by atoms with Gasteiger partial charge in [0, 0.05) is 23.0 Å². The fourth-order valence-electron chi connectivity index (χ4n) is 1.68. The van der Waals surface area contributed by atoms with Gasteiger partial charge in [-0.25, -0.2) is 0 Å². The first-order valence-corrected chi connectivity index (χ1v) is 5.42. The highest BCUT2D eigenvalue weighted by molar-refractivity contribution is 6.40. The van der Waals surface area contributed by atoms with E-state index in [-0.39, 0.29) is 6.61 Å². The van der Waals surface area contributed by atoms with Crippen molar-refractivity contribution in [2.75, 3.05) is 0 Å². The second-order valence-corrected chi connectivity index (χ2v) is 4.47. The maximum absolute atomic E-state index is 9.23. The number of hydrogen-bond acceptors (Lipinski definition) is 1. The van der Waals surface area contributed by atoms with Crippen LogP contribution in [0.1, 0.15) is 5.56 Å². The highest BCUT2D eigenvalue weighted by Crippen LogP contribution is 2.36. The number of fused-ring (bicyclic) bond motifs is 1. The Labute approximate surface area is 102 Å². The van der Waals surface area contributed by atoms with Gasteiger partial charge in [0.05, 0.1) is 17.1 Å². The summed E-state index contributed by atoms with van der Waals surface area (Å²) < 4.78 is 1.75. The number of halogens is 3. The molecule has 0 radical (unpaired) electrons. The number of rotatable bonds is 1. The lowest BCUT2D eigenvalue weighted by Gasteiger charge is -1.99. The molecule has 0 aliphatic carbocycles. The third kappa shape index (κ3) is 1.62. The van der Waals surface area contributed by atoms with Gasteiger partial charge in [-0.05, 0) is 12.1 Å². The Kier molecular flexibility index (Phi) is 2.86. The highest BCUT2D eigenvalue weighted by Gasteiger charge is 2.15. The Morgan fingerprint density at radius 1 is 1.27 bits per heavy atom. The largest absolute Gasteiger partial charge is 0.392 e. The Hall–Kier alpha value is -0.410. The van der Waals surface area contributed by atoms with Crippen LogP contribution in [0.4, 0.5) is 0 Å². The number of aromatic nitrogens is 1. The van der Waals surface area contributed by atoms with E-state index in [9.17, 15) is 5.11 Å². The molecule has 1 heterocycles. The molecule has 1 aromatic heterocycles. The normalized spacial score (nSPS) is 11.3. The SMILES string of the molecule is Cn1c(Cl)c(CO)c2c(Cl)cc(Cl)cc21. The third-order valence-electron chi connectivity index (χ3n) is 2.40. The Morgan fingerprint density at radius 3 is 2.53 bits per heavy atom. The molecule has 0 bridgehead atoms. The molecule has 2 aromatic rings. The van der Waals surface area contributed by atoms with Crippen LogP contribution in [-0.2, 0) is 13.7 Å². The van der Waals surface area contributed by atoms with E-state index in [4.69, 9.17) is 34.8 Å². The number of benzene rings is 1. The van der Waals surface area contributed by atoms with Gasteiger partial charge in [-0.3, -0.25) is 0 Å². The first kappa shape index (κ1) is 11.1. The summed E-state index contributed by atoms with van der Waals surface area (Å²) in [5.74, 6) is 0. The molecule has 2 nitrogen and oxygen atoms in total. The lowest BCUT2D eigenvalue weighted by Crippen LogP contribution is -1.87. The second-order valence-electron chi connectivity index (χ2n) is 3.27. The van der Waals surface area contributed by atoms with Crippen molar-refractivity contribution >= 4 is 45.7 Å². The van der Waals surface area contributed by atoms with Crippen molar-refractivity contribution in [3.63, 3.8) is 0 Å². The number of aryl methyl sites for hydroxylation is 1. The summed E-state index contributed by atoms with van der Waals surface area (Å²) in [5, 5.41) is 11.5. The van der Waals surface area contributed by atoms with E-state index in [1.807, 2.05) is 0 Å². The van der Waals surface area contributed by atoms with E-state index in [2.05, 4.69) is 0 Å². The molecule has 0 aliphatic heterocycles. The van der Waals surface area contributed by atoms with Crippen LogP contribution in [0.3, 0.4) is 0 Å². The maximum atomic E-state index is 9.23. The van der Waals surface area contributed by atoms with Gasteiger partial charge in [-0.1, -0.05) is 34.8 Å². The molecule has 0 unspecified atom stereocenters. The molecule has 1 aromatic carbocycles. The topological polar surface area (TPSA) is 25.2 Å². The predicted molar refractivity (Wildman–Crippen MR) is 63.9 cm³/mol. The molecule has 0 saturated carbocycles. The minimum absolute atomic E-state index is 0.141. The van der Waals surface area contributed by atoms with Crippen LogP contribution in [0, 0.1) is 0 Å². The van der Waals surface area contributed by atoms with E-state index in [1.54, 1.807) is 23.7 Å². The Morgan fingerprint density at radius 2 is 1.93 bits per heavy atom. The van der Waals surface area contributed by atoms with Crippen molar-refractivity contribution in [3.05, 3.63) is 32.9 Å². The fraction of sp³-hybridized carbons (Fsp3) is 0.200. The summed E-state index contributed by atoms with van der Waals surface area (Å²) in [6.45, 7) is -0.141. The molecule has 0 atom stereocenters. The van der Waals surface area contributed by atoms with E-state index < -0.39 is 0 Å². The zero-order valence-corrected chi connectivity index (χ0v) is 10.2. The van der Waals surface area contributed by atoms with Gasteiger partial charge in [0.25, 0.3) is 0 Å². The molecule has 0 spiro atoms. The minimum Gasteiger partial charge on any atom is -0.392 e. The monoisotopic (exact) mass is 263 g/mol. The molecule has 5 heteroatoms. The van der Waals surface area contributed by atoms with E-state index >= 15 is 0 Å². The number of hydrogen-bond donors (Lipinski definition) is 1. The van der Waals surface area contributed by atoms with Gasteiger partial charge < -0.3 is 9.67 Å². The lowest BCUT2D eigenvalue weighted by atomic mass is 10.2. The third-order valence-corrected chi connectivity index (χ3v) is 3.40. The quantitative estimate of drug-likeness (QED) is 0.836. The zero-order chi connectivity index (χ0) is 11.2. The van der Waals surface area contributed by atoms with Crippen LogP contribution in [-0.4, -0.2) is 9.67 Å². The van der Waals surface area contributed by atoms with E-state index in [0.29, 0.717) is 20.8 Å². The molecule has 2 rings (SSSR count). The predicted octanol–water partition coefficient (Wildman–Crippen LogP) is 3.63. The van der Waals surface area contributed by atoms with E-state index in [1.165, 1.54) is 0 Å². The first-order chi connectivity index (χ1) is 7.06. The molecular weight excluding hydrogens is 256 g/mol. The number of nitrogens with zero attached hydrogens (tertiary/aromatic N) is 1. The molecule has 0 fully saturated rings. The summed E-state index contributed by atoms with van der Waals surface area (Å²) >= 11 is 18.0. The molecular formula is C10H8Cl3NO. The Balaban J connectivity index is 2.97. The zero-order valence-electron chi connectivity index (χ0n) is 7.89. The minimum atomic E-state index is -0.141. The van der Waals surface area contributed by atoms with Crippen LogP contribution < -0.4 is 0 Å². The van der Waals surface area contributed by atoms with E-state index in [0.717, 1.165) is 10.9 Å². The Bertz CT molecular complexity index is 533. The first-order valence-electron chi connectivity index (χ1n) is 4.29. The molecule has 0 amide bonds. The van der Waals surface area contributed by atoms with Gasteiger partial charge in [-0.15, -0.1) is 0 Å². The van der Waals surface area contributed by atoms with Crippen molar-refractivity contribution in [1.29, 1.82) is 0 Å². The van der Waals surface area contributed by atoms with Gasteiger partial charge >= 0.3 is 0 Å².